The van der Waals surface area contributed by atoms with Crippen molar-refractivity contribution in [3.8, 4) is 5.75 Å². The average Bonchev–Trinajstić information content (AvgIpc) is 3.38. The summed E-state index contributed by atoms with van der Waals surface area (Å²) >= 11 is 0. The van der Waals surface area contributed by atoms with Crippen LogP contribution in [0, 0.1) is 10.1 Å². The van der Waals surface area contributed by atoms with Gasteiger partial charge in [-0.25, -0.2) is 12.4 Å². The Bertz CT molecular complexity index is 1730. The molecule has 7 nitrogen and oxygen atoms in total. The fourth-order valence-corrected chi connectivity index (χ4v) is 6.83. The van der Waals surface area contributed by atoms with Gasteiger partial charge < -0.3 is 4.74 Å². The van der Waals surface area contributed by atoms with Crippen molar-refractivity contribution in [3.05, 3.63) is 136 Å². The van der Waals surface area contributed by atoms with Gasteiger partial charge in [-0.1, -0.05) is 74.0 Å². The molecule has 0 aliphatic rings. The number of nitrogens with zero attached hydrogens (tertiary/aromatic N) is 2. The third-order valence-corrected chi connectivity index (χ3v) is 9.04. The van der Waals surface area contributed by atoms with Crippen LogP contribution >= 0.6 is 0 Å². The molecule has 0 bridgehead atoms. The number of para-hydroxylation sites is 1. The van der Waals surface area contributed by atoms with Gasteiger partial charge in [0, 0.05) is 29.6 Å². The Balaban J connectivity index is 1.74. The van der Waals surface area contributed by atoms with Crippen LogP contribution in [0.3, 0.4) is 0 Å². The predicted molar refractivity (Wildman–Crippen MR) is 157 cm³/mol. The molecular weight excluding hydrogens is 524 g/mol. The number of aromatic nitrogens is 1. The summed E-state index contributed by atoms with van der Waals surface area (Å²) < 4.78 is 34.6. The van der Waals surface area contributed by atoms with E-state index >= 15 is 0 Å². The van der Waals surface area contributed by atoms with Gasteiger partial charge in [0.25, 0.3) is 15.7 Å². The number of non-ortho nitro benzene ring substituents is 1. The van der Waals surface area contributed by atoms with Crippen LogP contribution in [-0.4, -0.2) is 24.4 Å². The Hall–Kier alpha value is -4.43. The Morgan fingerprint density at radius 1 is 0.850 bits per heavy atom. The van der Waals surface area contributed by atoms with Gasteiger partial charge in [-0.05, 0) is 59.4 Å². The second-order valence-electron chi connectivity index (χ2n) is 9.71. The first kappa shape index (κ1) is 27.1. The second-order valence-corrected chi connectivity index (χ2v) is 11.5. The SMILES string of the molecule is CCC[C@@H](c1ccccc1)[C@@H](c1ccc(OC)cc1)c1cn(S(=O)(=O)c2ccc([N+](=O)[O-])cc2)c2ccccc12. The van der Waals surface area contributed by atoms with Crippen LogP contribution in [0.4, 0.5) is 5.69 Å². The maximum atomic E-state index is 13.9. The molecule has 0 fully saturated rings. The van der Waals surface area contributed by atoms with E-state index in [0.717, 1.165) is 35.1 Å². The highest BCUT2D eigenvalue weighted by atomic mass is 32.2. The second kappa shape index (κ2) is 11.4. The van der Waals surface area contributed by atoms with Crippen LogP contribution in [0.5, 0.6) is 5.75 Å². The summed E-state index contributed by atoms with van der Waals surface area (Å²) in [6.07, 6.45) is 3.57. The number of rotatable bonds is 10. The highest BCUT2D eigenvalue weighted by molar-refractivity contribution is 7.90. The van der Waals surface area contributed by atoms with Gasteiger partial charge in [0.15, 0.2) is 0 Å². The van der Waals surface area contributed by atoms with Gasteiger partial charge in [0.2, 0.25) is 0 Å². The fraction of sp³-hybridized carbons (Fsp3) is 0.188. The van der Waals surface area contributed by atoms with E-state index < -0.39 is 14.9 Å². The molecule has 0 saturated heterocycles. The van der Waals surface area contributed by atoms with E-state index in [4.69, 9.17) is 4.74 Å². The highest BCUT2D eigenvalue weighted by Gasteiger charge is 2.31. The number of nitro benzene ring substituents is 1. The molecule has 0 unspecified atom stereocenters. The van der Waals surface area contributed by atoms with Crippen molar-refractivity contribution < 1.29 is 18.1 Å². The molecule has 0 saturated carbocycles. The molecule has 0 N–H and O–H groups in total. The van der Waals surface area contributed by atoms with Crippen molar-refractivity contribution in [2.24, 2.45) is 0 Å². The monoisotopic (exact) mass is 554 g/mol. The van der Waals surface area contributed by atoms with Crippen molar-refractivity contribution in [2.45, 2.75) is 36.5 Å². The zero-order chi connectivity index (χ0) is 28.3. The summed E-state index contributed by atoms with van der Waals surface area (Å²) in [7, 11) is -2.41. The molecule has 0 aliphatic heterocycles. The van der Waals surface area contributed by atoms with Gasteiger partial charge in [-0.15, -0.1) is 0 Å². The van der Waals surface area contributed by atoms with Crippen LogP contribution in [-0.2, 0) is 10.0 Å². The smallest absolute Gasteiger partial charge is 0.269 e. The van der Waals surface area contributed by atoms with Gasteiger partial charge in [0.1, 0.15) is 5.75 Å². The van der Waals surface area contributed by atoms with Crippen LogP contribution in [0.25, 0.3) is 10.9 Å². The zero-order valence-corrected chi connectivity index (χ0v) is 23.1. The average molecular weight is 555 g/mol. The number of methoxy groups -OCH3 is 1. The molecule has 5 aromatic rings. The Morgan fingerprint density at radius 2 is 1.50 bits per heavy atom. The van der Waals surface area contributed by atoms with Crippen molar-refractivity contribution in [1.29, 1.82) is 0 Å². The quantitative estimate of drug-likeness (QED) is 0.132. The maximum absolute atomic E-state index is 13.9. The predicted octanol–water partition coefficient (Wildman–Crippen LogP) is 7.51. The molecule has 8 heteroatoms. The van der Waals surface area contributed by atoms with Crippen LogP contribution in [0.1, 0.15) is 48.3 Å². The van der Waals surface area contributed by atoms with Crippen LogP contribution in [0.2, 0.25) is 0 Å². The Morgan fingerprint density at radius 3 is 2.12 bits per heavy atom. The molecule has 5 rings (SSSR count). The van der Waals surface area contributed by atoms with Gasteiger partial charge in [-0.3, -0.25) is 10.1 Å². The lowest BCUT2D eigenvalue weighted by atomic mass is 9.75. The number of hydrogen-bond donors (Lipinski definition) is 0. The van der Waals surface area contributed by atoms with Crippen molar-refractivity contribution in [2.75, 3.05) is 7.11 Å². The van der Waals surface area contributed by atoms with Gasteiger partial charge in [-0.2, -0.15) is 0 Å². The molecule has 4 aromatic carbocycles. The molecule has 2 atom stereocenters. The third-order valence-electron chi connectivity index (χ3n) is 7.35. The standard InChI is InChI=1S/C32H30N2O5S/c1-3-9-28(23-10-5-4-6-11-23)32(24-14-18-26(39-2)19-15-24)30-22-33(31-13-8-7-12-29(30)31)40(37,38)27-20-16-25(17-21-27)34(35)36/h4-8,10-22,28,32H,3,9H2,1-2H3/t28-,32+/m0/s1. The van der Waals surface area contributed by atoms with E-state index in [-0.39, 0.29) is 22.4 Å². The van der Waals surface area contributed by atoms with E-state index in [1.165, 1.54) is 33.8 Å². The molecule has 0 aliphatic carbocycles. The van der Waals surface area contributed by atoms with Crippen LogP contribution in [0.15, 0.2) is 114 Å². The zero-order valence-electron chi connectivity index (χ0n) is 22.3. The van der Waals surface area contributed by atoms with Crippen molar-refractivity contribution in [1.82, 2.24) is 3.97 Å². The maximum Gasteiger partial charge on any atom is 0.269 e. The number of nitro groups is 1. The molecule has 40 heavy (non-hydrogen) atoms. The van der Waals surface area contributed by atoms with Crippen LogP contribution < -0.4 is 4.74 Å². The summed E-state index contributed by atoms with van der Waals surface area (Å²) in [5.41, 5.74) is 3.52. The molecule has 204 valence electrons. The minimum Gasteiger partial charge on any atom is -0.497 e. The lowest BCUT2D eigenvalue weighted by Gasteiger charge is -2.28. The first-order valence-electron chi connectivity index (χ1n) is 13.1. The minimum atomic E-state index is -4.04. The van der Waals surface area contributed by atoms with Gasteiger partial charge in [0.05, 0.1) is 22.4 Å². The number of fused-ring (bicyclic) bond motifs is 1. The lowest BCUT2D eigenvalue weighted by molar-refractivity contribution is -0.384. The Kier molecular flexibility index (Phi) is 7.71. The first-order valence-corrected chi connectivity index (χ1v) is 14.6. The molecular formula is C32H30N2O5S. The minimum absolute atomic E-state index is 0.0143. The summed E-state index contributed by atoms with van der Waals surface area (Å²) in [6.45, 7) is 2.16. The Labute approximate surface area is 233 Å². The largest absolute Gasteiger partial charge is 0.497 e. The summed E-state index contributed by atoms with van der Waals surface area (Å²) in [5, 5.41) is 12.0. The van der Waals surface area contributed by atoms with Crippen molar-refractivity contribution >= 4 is 26.6 Å². The molecule has 1 heterocycles. The molecule has 0 spiro atoms. The first-order chi connectivity index (χ1) is 19.3. The summed E-state index contributed by atoms with van der Waals surface area (Å²) in [5.74, 6) is 0.685. The van der Waals surface area contributed by atoms with Crippen molar-refractivity contribution in [3.63, 3.8) is 0 Å². The van der Waals surface area contributed by atoms with E-state index in [2.05, 4.69) is 19.1 Å². The van der Waals surface area contributed by atoms with E-state index in [0.29, 0.717) is 5.52 Å². The van der Waals surface area contributed by atoms with Gasteiger partial charge >= 0.3 is 0 Å². The summed E-state index contributed by atoms with van der Waals surface area (Å²) in [6, 6.07) is 30.8. The summed E-state index contributed by atoms with van der Waals surface area (Å²) in [4.78, 5) is 10.6. The normalized spacial score (nSPS) is 13.2. The third kappa shape index (κ3) is 5.10. The fourth-order valence-electron chi connectivity index (χ4n) is 5.45. The number of benzene rings is 4. The number of ether oxygens (including phenoxy) is 1. The molecule has 0 radical (unpaired) electrons. The molecule has 1 aromatic heterocycles. The lowest BCUT2D eigenvalue weighted by Crippen LogP contribution is -2.14. The van der Waals surface area contributed by atoms with E-state index in [9.17, 15) is 18.5 Å². The number of hydrogen-bond acceptors (Lipinski definition) is 5. The highest BCUT2D eigenvalue weighted by Crippen LogP contribution is 2.45. The van der Waals surface area contributed by atoms with E-state index in [1.54, 1.807) is 19.4 Å². The van der Waals surface area contributed by atoms with E-state index in [1.807, 2.05) is 60.7 Å². The molecule has 0 amide bonds. The topological polar surface area (TPSA) is 91.4 Å².